The van der Waals surface area contributed by atoms with Crippen LogP contribution in [0.3, 0.4) is 0 Å². The standard InChI is InChI=1S/C16H24N2OS.ClH/c1-12-5-3-6-14(9-12)10-20-11-16(19)18-15-7-4-8-17-13(15)2;/h3,5-6,9,13,15,17H,4,7-8,10-11H2,1-2H3,(H,18,19);1H. The molecule has 1 aromatic rings. The molecular weight excluding hydrogens is 304 g/mol. The summed E-state index contributed by atoms with van der Waals surface area (Å²) in [5.74, 6) is 1.59. The fraction of sp³-hybridized carbons (Fsp3) is 0.562. The van der Waals surface area contributed by atoms with Gasteiger partial charge in [0, 0.05) is 17.8 Å². The summed E-state index contributed by atoms with van der Waals surface area (Å²) >= 11 is 1.68. The second-order valence-corrected chi connectivity index (χ2v) is 6.53. The molecule has 2 unspecified atom stereocenters. The Hall–Kier alpha value is -0.710. The molecule has 2 atom stereocenters. The highest BCUT2D eigenvalue weighted by atomic mass is 35.5. The lowest BCUT2D eigenvalue weighted by Gasteiger charge is -2.30. The van der Waals surface area contributed by atoms with E-state index >= 15 is 0 Å². The van der Waals surface area contributed by atoms with Gasteiger partial charge in [-0.15, -0.1) is 24.2 Å². The number of carbonyl (C=O) groups excluding carboxylic acids is 1. The third-order valence-corrected chi connectivity index (χ3v) is 4.70. The Labute approximate surface area is 138 Å². The van der Waals surface area contributed by atoms with Gasteiger partial charge in [0.25, 0.3) is 0 Å². The Balaban J connectivity index is 0.00000220. The third kappa shape index (κ3) is 6.29. The number of hydrogen-bond donors (Lipinski definition) is 2. The maximum absolute atomic E-state index is 12.0. The first-order valence-electron chi connectivity index (χ1n) is 7.31. The van der Waals surface area contributed by atoms with Gasteiger partial charge in [0.1, 0.15) is 0 Å². The van der Waals surface area contributed by atoms with Crippen molar-refractivity contribution in [3.63, 3.8) is 0 Å². The average Bonchev–Trinajstić information content (AvgIpc) is 2.41. The molecule has 0 saturated carbocycles. The van der Waals surface area contributed by atoms with E-state index in [1.807, 2.05) is 0 Å². The van der Waals surface area contributed by atoms with Crippen LogP contribution in [0.4, 0.5) is 0 Å². The molecule has 2 N–H and O–H groups in total. The zero-order chi connectivity index (χ0) is 14.4. The summed E-state index contributed by atoms with van der Waals surface area (Å²) < 4.78 is 0. The summed E-state index contributed by atoms with van der Waals surface area (Å²) in [6.45, 7) is 5.30. The van der Waals surface area contributed by atoms with Crippen molar-refractivity contribution in [2.45, 2.75) is 44.5 Å². The van der Waals surface area contributed by atoms with E-state index in [0.29, 0.717) is 11.8 Å². The molecule has 2 rings (SSSR count). The van der Waals surface area contributed by atoms with Crippen LogP contribution in [0.15, 0.2) is 24.3 Å². The van der Waals surface area contributed by atoms with Crippen LogP contribution in [0.1, 0.15) is 30.9 Å². The Kier molecular flexibility index (Phi) is 8.15. The molecular formula is C16H25ClN2OS. The van der Waals surface area contributed by atoms with Crippen LogP contribution < -0.4 is 10.6 Å². The highest BCUT2D eigenvalue weighted by molar-refractivity contribution is 7.99. The molecule has 1 amide bonds. The van der Waals surface area contributed by atoms with Gasteiger partial charge in [-0.2, -0.15) is 0 Å². The first-order valence-corrected chi connectivity index (χ1v) is 8.46. The summed E-state index contributed by atoms with van der Waals surface area (Å²) in [6.07, 6.45) is 2.23. The van der Waals surface area contributed by atoms with Crippen molar-refractivity contribution in [2.24, 2.45) is 0 Å². The van der Waals surface area contributed by atoms with Crippen LogP contribution >= 0.6 is 24.2 Å². The highest BCUT2D eigenvalue weighted by Gasteiger charge is 2.21. The fourth-order valence-corrected chi connectivity index (χ4v) is 3.34. The van der Waals surface area contributed by atoms with Crippen LogP contribution in [0.5, 0.6) is 0 Å². The van der Waals surface area contributed by atoms with E-state index in [1.165, 1.54) is 11.1 Å². The van der Waals surface area contributed by atoms with Gasteiger partial charge in [-0.1, -0.05) is 29.8 Å². The van der Waals surface area contributed by atoms with Crippen molar-refractivity contribution in [2.75, 3.05) is 12.3 Å². The number of nitrogens with one attached hydrogen (secondary N) is 2. The average molecular weight is 329 g/mol. The van der Waals surface area contributed by atoms with Crippen LogP contribution in [0.2, 0.25) is 0 Å². The van der Waals surface area contributed by atoms with Crippen LogP contribution in [0, 0.1) is 6.92 Å². The van der Waals surface area contributed by atoms with Gasteiger partial charge < -0.3 is 10.6 Å². The van der Waals surface area contributed by atoms with E-state index < -0.39 is 0 Å². The number of aryl methyl sites for hydroxylation is 1. The normalized spacial score (nSPS) is 21.4. The number of piperidine rings is 1. The SMILES string of the molecule is Cc1cccc(CSCC(=O)NC2CCCNC2C)c1.Cl. The van der Waals surface area contributed by atoms with Crippen molar-refractivity contribution in [3.05, 3.63) is 35.4 Å². The monoisotopic (exact) mass is 328 g/mol. The van der Waals surface area contributed by atoms with Gasteiger partial charge >= 0.3 is 0 Å². The molecule has 3 nitrogen and oxygen atoms in total. The molecule has 5 heteroatoms. The maximum Gasteiger partial charge on any atom is 0.230 e. The number of benzene rings is 1. The van der Waals surface area contributed by atoms with Gasteiger partial charge in [-0.05, 0) is 38.8 Å². The summed E-state index contributed by atoms with van der Waals surface area (Å²) in [4.78, 5) is 12.0. The summed E-state index contributed by atoms with van der Waals surface area (Å²) in [6, 6.07) is 9.13. The van der Waals surface area contributed by atoms with Gasteiger partial charge in [0.2, 0.25) is 5.91 Å². The first kappa shape index (κ1) is 18.3. The summed E-state index contributed by atoms with van der Waals surface area (Å²) in [7, 11) is 0. The van der Waals surface area contributed by atoms with E-state index in [9.17, 15) is 4.79 Å². The number of halogens is 1. The smallest absolute Gasteiger partial charge is 0.230 e. The summed E-state index contributed by atoms with van der Waals surface area (Å²) in [5.41, 5.74) is 2.56. The fourth-order valence-electron chi connectivity index (χ4n) is 2.55. The molecule has 1 saturated heterocycles. The molecule has 0 bridgehead atoms. The number of amides is 1. The minimum Gasteiger partial charge on any atom is -0.351 e. The molecule has 1 aliphatic rings. The second-order valence-electron chi connectivity index (χ2n) is 5.54. The van der Waals surface area contributed by atoms with Crippen molar-refractivity contribution in [1.82, 2.24) is 10.6 Å². The Morgan fingerprint density at radius 1 is 1.48 bits per heavy atom. The van der Waals surface area contributed by atoms with Crippen LogP contribution in [-0.2, 0) is 10.5 Å². The van der Waals surface area contributed by atoms with Gasteiger partial charge in [0.05, 0.1) is 5.75 Å². The molecule has 0 aromatic heterocycles. The van der Waals surface area contributed by atoms with Gasteiger partial charge in [-0.25, -0.2) is 0 Å². The predicted octanol–water partition coefficient (Wildman–Crippen LogP) is 2.91. The second kappa shape index (κ2) is 9.34. The lowest BCUT2D eigenvalue weighted by atomic mass is 10.00. The molecule has 1 heterocycles. The first-order chi connectivity index (χ1) is 9.65. The quantitative estimate of drug-likeness (QED) is 0.873. The van der Waals surface area contributed by atoms with E-state index in [1.54, 1.807) is 11.8 Å². The van der Waals surface area contributed by atoms with Crippen LogP contribution in [-0.4, -0.2) is 30.3 Å². The minimum absolute atomic E-state index is 0. The maximum atomic E-state index is 12.0. The molecule has 0 aliphatic carbocycles. The zero-order valence-electron chi connectivity index (χ0n) is 12.7. The largest absolute Gasteiger partial charge is 0.351 e. The van der Waals surface area contributed by atoms with Gasteiger partial charge in [-0.3, -0.25) is 4.79 Å². The zero-order valence-corrected chi connectivity index (χ0v) is 14.4. The molecule has 21 heavy (non-hydrogen) atoms. The summed E-state index contributed by atoms with van der Waals surface area (Å²) in [5, 5.41) is 6.55. The van der Waals surface area contributed by atoms with E-state index in [-0.39, 0.29) is 24.4 Å². The molecule has 1 aromatic carbocycles. The molecule has 1 fully saturated rings. The molecule has 118 valence electrons. The van der Waals surface area contributed by atoms with Crippen molar-refractivity contribution in [3.8, 4) is 0 Å². The Morgan fingerprint density at radius 3 is 3.00 bits per heavy atom. The number of carbonyl (C=O) groups is 1. The van der Waals surface area contributed by atoms with Crippen LogP contribution in [0.25, 0.3) is 0 Å². The van der Waals surface area contributed by atoms with Crippen molar-refractivity contribution < 1.29 is 4.79 Å². The molecule has 0 radical (unpaired) electrons. The lowest BCUT2D eigenvalue weighted by Crippen LogP contribution is -2.52. The lowest BCUT2D eigenvalue weighted by molar-refractivity contribution is -0.119. The molecule has 1 aliphatic heterocycles. The van der Waals surface area contributed by atoms with Gasteiger partial charge in [0.15, 0.2) is 0 Å². The predicted molar refractivity (Wildman–Crippen MR) is 93.2 cm³/mol. The Morgan fingerprint density at radius 2 is 2.29 bits per heavy atom. The highest BCUT2D eigenvalue weighted by Crippen LogP contribution is 2.14. The number of hydrogen-bond acceptors (Lipinski definition) is 3. The Bertz CT molecular complexity index is 456. The van der Waals surface area contributed by atoms with E-state index in [4.69, 9.17) is 0 Å². The van der Waals surface area contributed by atoms with Crippen molar-refractivity contribution in [1.29, 1.82) is 0 Å². The number of thioether (sulfide) groups is 1. The van der Waals surface area contributed by atoms with E-state index in [2.05, 4.69) is 48.7 Å². The minimum atomic E-state index is 0. The van der Waals surface area contributed by atoms with Crippen molar-refractivity contribution >= 4 is 30.1 Å². The van der Waals surface area contributed by atoms with E-state index in [0.717, 1.165) is 25.1 Å². The molecule has 0 spiro atoms. The topological polar surface area (TPSA) is 41.1 Å². The number of rotatable bonds is 5. The third-order valence-electron chi connectivity index (χ3n) is 3.69.